The first-order valence-corrected chi connectivity index (χ1v) is 18.7. The van der Waals surface area contributed by atoms with Crippen molar-refractivity contribution in [2.75, 3.05) is 0 Å². The molecule has 4 atom stereocenters. The summed E-state index contributed by atoms with van der Waals surface area (Å²) in [7, 11) is 0. The summed E-state index contributed by atoms with van der Waals surface area (Å²) < 4.78 is 0. The second-order valence-electron chi connectivity index (χ2n) is 14.4. The third-order valence-corrected chi connectivity index (χ3v) is 11.0. The molecule has 6 rings (SSSR count). The first-order valence-electron chi connectivity index (χ1n) is 18.7. The van der Waals surface area contributed by atoms with Crippen LogP contribution in [0.5, 0.6) is 0 Å². The standard InChI is InChI=1S/C16H21NO.2C14H19NO/c1-4-12(3)15-10-13-8-6-7-9-14(13)11-17(15)16(18)5-2;1-10(2)14-8-12-6-4-5-7-13(12)9-15(14)11(3)16;1-3-13-9-11-7-5-6-8-12(11)10-15(13)14(16)4-2/h5-9,12,15H,2,4,10-11H2,1,3H3;4-7,10,14H,8-9H2,1-3H3;5-8,13H,3-4,9-10H2,1-2H3. The van der Waals surface area contributed by atoms with E-state index in [2.05, 4.69) is 102 Å². The monoisotopic (exact) mass is 677 g/mol. The summed E-state index contributed by atoms with van der Waals surface area (Å²) in [5.41, 5.74) is 8.08. The smallest absolute Gasteiger partial charge is 0.246 e. The van der Waals surface area contributed by atoms with Gasteiger partial charge in [0.2, 0.25) is 17.7 Å². The molecular formula is C44H59N3O3. The molecule has 4 unspecified atom stereocenters. The van der Waals surface area contributed by atoms with Crippen LogP contribution < -0.4 is 0 Å². The van der Waals surface area contributed by atoms with Gasteiger partial charge in [-0.25, -0.2) is 0 Å². The Kier molecular flexibility index (Phi) is 14.0. The Labute approximate surface area is 301 Å². The number of rotatable bonds is 6. The van der Waals surface area contributed by atoms with Gasteiger partial charge in [0.05, 0.1) is 0 Å². The predicted octanol–water partition coefficient (Wildman–Crippen LogP) is 8.55. The van der Waals surface area contributed by atoms with Gasteiger partial charge in [0, 0.05) is 51.1 Å². The molecule has 0 saturated carbocycles. The molecule has 0 saturated heterocycles. The molecule has 0 radical (unpaired) electrons. The Bertz CT molecular complexity index is 1610. The molecule has 0 spiro atoms. The SMILES string of the molecule is C=CC(=O)N1Cc2ccccc2CC1C(C)CC.CC(=O)N1Cc2ccccc2CC1C(C)C.CCC(=O)N1Cc2ccccc2CC1CC. The lowest BCUT2D eigenvalue weighted by Crippen LogP contribution is -2.46. The maximum absolute atomic E-state index is 12.0. The fourth-order valence-electron chi connectivity index (χ4n) is 7.62. The summed E-state index contributed by atoms with van der Waals surface area (Å²) >= 11 is 0. The predicted molar refractivity (Wildman–Crippen MR) is 204 cm³/mol. The molecule has 3 aromatic rings. The van der Waals surface area contributed by atoms with Gasteiger partial charge in [0.1, 0.15) is 0 Å². The first-order chi connectivity index (χ1) is 24.0. The van der Waals surface area contributed by atoms with Gasteiger partial charge in [-0.3, -0.25) is 14.4 Å². The molecular weight excluding hydrogens is 619 g/mol. The molecule has 3 aromatic carbocycles. The topological polar surface area (TPSA) is 60.9 Å². The molecule has 3 aliphatic rings. The van der Waals surface area contributed by atoms with E-state index in [1.807, 2.05) is 33.8 Å². The van der Waals surface area contributed by atoms with Crippen LogP contribution in [0, 0.1) is 11.8 Å². The largest absolute Gasteiger partial charge is 0.335 e. The van der Waals surface area contributed by atoms with Crippen molar-refractivity contribution in [3.05, 3.63) is 119 Å². The third kappa shape index (κ3) is 9.32. The Balaban J connectivity index is 0.000000169. The number of carbonyl (C=O) groups is 3. The minimum atomic E-state index is 0.0507. The molecule has 3 heterocycles. The van der Waals surface area contributed by atoms with E-state index in [-0.39, 0.29) is 17.7 Å². The summed E-state index contributed by atoms with van der Waals surface area (Å²) in [4.78, 5) is 41.6. The van der Waals surface area contributed by atoms with Crippen molar-refractivity contribution in [2.45, 2.75) is 125 Å². The first kappa shape index (κ1) is 38.6. The summed E-state index contributed by atoms with van der Waals surface area (Å²) in [6, 6.07) is 26.4. The van der Waals surface area contributed by atoms with Crippen LogP contribution >= 0.6 is 0 Å². The average molecular weight is 678 g/mol. The lowest BCUT2D eigenvalue weighted by molar-refractivity contribution is -0.134. The highest BCUT2D eigenvalue weighted by Gasteiger charge is 2.32. The van der Waals surface area contributed by atoms with Gasteiger partial charge in [-0.1, -0.05) is 127 Å². The Morgan fingerprint density at radius 3 is 1.54 bits per heavy atom. The fraction of sp³-hybridized carbons (Fsp3) is 0.477. The molecule has 268 valence electrons. The highest BCUT2D eigenvalue weighted by Crippen LogP contribution is 2.30. The molecule has 0 aliphatic carbocycles. The summed E-state index contributed by atoms with van der Waals surface area (Å²) in [5, 5.41) is 0. The lowest BCUT2D eigenvalue weighted by atomic mass is 9.86. The zero-order valence-electron chi connectivity index (χ0n) is 31.5. The van der Waals surface area contributed by atoms with E-state index in [0.717, 1.165) is 51.7 Å². The van der Waals surface area contributed by atoms with Crippen LogP contribution in [0.3, 0.4) is 0 Å². The second kappa shape index (κ2) is 18.2. The summed E-state index contributed by atoms with van der Waals surface area (Å²) in [6.45, 7) is 20.5. The maximum atomic E-state index is 12.0. The molecule has 0 aromatic heterocycles. The van der Waals surface area contributed by atoms with Crippen molar-refractivity contribution in [3.63, 3.8) is 0 Å². The highest BCUT2D eigenvalue weighted by molar-refractivity contribution is 5.87. The van der Waals surface area contributed by atoms with Gasteiger partial charge in [-0.05, 0) is 77.0 Å². The minimum Gasteiger partial charge on any atom is -0.335 e. The van der Waals surface area contributed by atoms with E-state index >= 15 is 0 Å². The van der Waals surface area contributed by atoms with Gasteiger partial charge >= 0.3 is 0 Å². The van der Waals surface area contributed by atoms with E-state index in [0.29, 0.717) is 36.4 Å². The van der Waals surface area contributed by atoms with Gasteiger partial charge in [0.15, 0.2) is 0 Å². The van der Waals surface area contributed by atoms with Crippen LogP contribution in [0.2, 0.25) is 0 Å². The van der Waals surface area contributed by atoms with Crippen LogP contribution in [0.15, 0.2) is 85.5 Å². The number of fused-ring (bicyclic) bond motifs is 3. The highest BCUT2D eigenvalue weighted by atomic mass is 16.2. The van der Waals surface area contributed by atoms with Crippen LogP contribution in [0.4, 0.5) is 0 Å². The van der Waals surface area contributed by atoms with Gasteiger partial charge < -0.3 is 14.7 Å². The lowest BCUT2D eigenvalue weighted by Gasteiger charge is -2.39. The van der Waals surface area contributed by atoms with E-state index in [1.165, 1.54) is 39.5 Å². The van der Waals surface area contributed by atoms with Gasteiger partial charge in [0.25, 0.3) is 0 Å². The van der Waals surface area contributed by atoms with Gasteiger partial charge in [-0.2, -0.15) is 0 Å². The van der Waals surface area contributed by atoms with E-state index < -0.39 is 0 Å². The Morgan fingerprint density at radius 2 is 1.12 bits per heavy atom. The summed E-state index contributed by atoms with van der Waals surface area (Å²) in [6.07, 6.45) is 7.15. The van der Waals surface area contributed by atoms with E-state index in [9.17, 15) is 14.4 Å². The van der Waals surface area contributed by atoms with Crippen molar-refractivity contribution in [3.8, 4) is 0 Å². The fourth-order valence-corrected chi connectivity index (χ4v) is 7.62. The number of benzene rings is 3. The Morgan fingerprint density at radius 1 is 0.680 bits per heavy atom. The van der Waals surface area contributed by atoms with E-state index in [4.69, 9.17) is 0 Å². The molecule has 3 aliphatic heterocycles. The third-order valence-electron chi connectivity index (χ3n) is 11.0. The van der Waals surface area contributed by atoms with E-state index in [1.54, 1.807) is 6.92 Å². The van der Waals surface area contributed by atoms with Crippen molar-refractivity contribution in [2.24, 2.45) is 11.8 Å². The minimum absolute atomic E-state index is 0.0507. The Hall–Kier alpha value is -4.19. The molecule has 3 amide bonds. The molecule has 6 nitrogen and oxygen atoms in total. The summed E-state index contributed by atoms with van der Waals surface area (Å²) in [5.74, 6) is 1.55. The molecule has 0 N–H and O–H groups in total. The normalized spacial score (nSPS) is 19.8. The molecule has 50 heavy (non-hydrogen) atoms. The quantitative estimate of drug-likeness (QED) is 0.246. The van der Waals surface area contributed by atoms with Crippen LogP contribution in [0.1, 0.15) is 101 Å². The number of hydrogen-bond donors (Lipinski definition) is 0. The number of nitrogens with zero attached hydrogens (tertiary/aromatic N) is 3. The van der Waals surface area contributed by atoms with Crippen molar-refractivity contribution in [1.29, 1.82) is 0 Å². The maximum Gasteiger partial charge on any atom is 0.246 e. The number of carbonyl (C=O) groups excluding carboxylic acids is 3. The molecule has 0 bridgehead atoms. The second-order valence-corrected chi connectivity index (χ2v) is 14.4. The number of hydrogen-bond acceptors (Lipinski definition) is 3. The van der Waals surface area contributed by atoms with Crippen molar-refractivity contribution < 1.29 is 14.4 Å². The van der Waals surface area contributed by atoms with Crippen molar-refractivity contribution in [1.82, 2.24) is 14.7 Å². The van der Waals surface area contributed by atoms with Crippen LogP contribution in [0.25, 0.3) is 0 Å². The van der Waals surface area contributed by atoms with Crippen molar-refractivity contribution >= 4 is 17.7 Å². The average Bonchev–Trinajstić information content (AvgIpc) is 3.15. The van der Waals surface area contributed by atoms with Crippen LogP contribution in [-0.4, -0.2) is 50.5 Å². The molecule has 6 heteroatoms. The van der Waals surface area contributed by atoms with Gasteiger partial charge in [-0.15, -0.1) is 0 Å². The molecule has 0 fully saturated rings. The zero-order chi connectivity index (χ0) is 36.4. The van der Waals surface area contributed by atoms with Crippen LogP contribution in [-0.2, 0) is 53.3 Å². The zero-order valence-corrected chi connectivity index (χ0v) is 31.5. The number of amides is 3.